The number of benzene rings is 1. The molecular formula is C10H9ClFNO. The largest absolute Gasteiger partial charge is 0.441 e. The van der Waals surface area contributed by atoms with Crippen LogP contribution in [-0.4, -0.2) is 10.9 Å². The molecule has 0 radical (unpaired) electrons. The number of alkyl halides is 1. The van der Waals surface area contributed by atoms with Crippen LogP contribution >= 0.6 is 11.6 Å². The molecule has 0 spiro atoms. The predicted molar refractivity (Wildman–Crippen MR) is 53.0 cm³/mol. The number of oxazole rings is 1. The maximum absolute atomic E-state index is 12.8. The fourth-order valence-corrected chi connectivity index (χ4v) is 1.40. The molecule has 0 N–H and O–H groups in total. The molecule has 0 saturated carbocycles. The van der Waals surface area contributed by atoms with Gasteiger partial charge < -0.3 is 4.42 Å². The van der Waals surface area contributed by atoms with Gasteiger partial charge in [0.1, 0.15) is 11.3 Å². The van der Waals surface area contributed by atoms with Gasteiger partial charge in [-0.05, 0) is 18.6 Å². The molecule has 0 amide bonds. The molecule has 4 heteroatoms. The lowest BCUT2D eigenvalue weighted by atomic mass is 10.3. The number of aryl methyl sites for hydroxylation is 1. The van der Waals surface area contributed by atoms with Crippen molar-refractivity contribution in [3.63, 3.8) is 0 Å². The third kappa shape index (κ3) is 1.87. The second-order valence-corrected chi connectivity index (χ2v) is 3.39. The van der Waals surface area contributed by atoms with Crippen LogP contribution in [0.4, 0.5) is 4.39 Å². The van der Waals surface area contributed by atoms with Crippen molar-refractivity contribution in [2.24, 2.45) is 0 Å². The van der Waals surface area contributed by atoms with Gasteiger partial charge in [-0.3, -0.25) is 0 Å². The molecule has 74 valence electrons. The average molecular weight is 214 g/mol. The van der Waals surface area contributed by atoms with Crippen molar-refractivity contribution in [3.8, 4) is 0 Å². The molecule has 2 rings (SSSR count). The number of hydrogen-bond acceptors (Lipinski definition) is 2. The summed E-state index contributed by atoms with van der Waals surface area (Å²) in [6, 6.07) is 4.32. The lowest BCUT2D eigenvalue weighted by molar-refractivity contribution is 0.523. The van der Waals surface area contributed by atoms with Crippen LogP contribution in [0.1, 0.15) is 12.3 Å². The van der Waals surface area contributed by atoms with Crippen molar-refractivity contribution in [2.75, 3.05) is 5.88 Å². The summed E-state index contributed by atoms with van der Waals surface area (Å²) in [5.74, 6) is 0.886. The summed E-state index contributed by atoms with van der Waals surface area (Å²) in [6.07, 6.45) is 1.51. The molecule has 0 bridgehead atoms. The molecule has 0 aliphatic carbocycles. The van der Waals surface area contributed by atoms with E-state index >= 15 is 0 Å². The van der Waals surface area contributed by atoms with E-state index in [9.17, 15) is 4.39 Å². The molecular weight excluding hydrogens is 205 g/mol. The molecule has 0 aliphatic heterocycles. The zero-order chi connectivity index (χ0) is 9.97. The van der Waals surface area contributed by atoms with Gasteiger partial charge in [0.05, 0.1) is 0 Å². The Kier molecular flexibility index (Phi) is 2.68. The van der Waals surface area contributed by atoms with Crippen LogP contribution in [0.25, 0.3) is 11.1 Å². The number of fused-ring (bicyclic) bond motifs is 1. The Balaban J connectivity index is 2.32. The van der Waals surface area contributed by atoms with E-state index in [2.05, 4.69) is 4.98 Å². The zero-order valence-electron chi connectivity index (χ0n) is 7.46. The summed E-state index contributed by atoms with van der Waals surface area (Å²) in [6.45, 7) is 0. The lowest BCUT2D eigenvalue weighted by Crippen LogP contribution is -1.84. The first-order valence-electron chi connectivity index (χ1n) is 4.40. The van der Waals surface area contributed by atoms with Crippen LogP contribution in [0.2, 0.25) is 0 Å². The van der Waals surface area contributed by atoms with Gasteiger partial charge in [0.25, 0.3) is 0 Å². The highest BCUT2D eigenvalue weighted by Gasteiger charge is 2.05. The molecule has 0 saturated heterocycles. The van der Waals surface area contributed by atoms with Crippen LogP contribution in [0.15, 0.2) is 22.6 Å². The number of rotatable bonds is 3. The Morgan fingerprint density at radius 2 is 2.29 bits per heavy atom. The summed E-state index contributed by atoms with van der Waals surface area (Å²) in [4.78, 5) is 4.20. The van der Waals surface area contributed by atoms with Crippen molar-refractivity contribution in [2.45, 2.75) is 12.8 Å². The van der Waals surface area contributed by atoms with E-state index in [0.29, 0.717) is 29.3 Å². The van der Waals surface area contributed by atoms with E-state index in [4.69, 9.17) is 16.0 Å². The quantitative estimate of drug-likeness (QED) is 0.733. The van der Waals surface area contributed by atoms with E-state index in [0.717, 1.165) is 6.42 Å². The first-order valence-corrected chi connectivity index (χ1v) is 4.94. The number of hydrogen-bond donors (Lipinski definition) is 0. The Hall–Kier alpha value is -1.09. The summed E-state index contributed by atoms with van der Waals surface area (Å²) >= 11 is 5.55. The highest BCUT2D eigenvalue weighted by molar-refractivity contribution is 6.17. The molecule has 0 fully saturated rings. The summed E-state index contributed by atoms with van der Waals surface area (Å²) in [5.41, 5.74) is 1.19. The molecule has 1 heterocycles. The minimum Gasteiger partial charge on any atom is -0.441 e. The zero-order valence-corrected chi connectivity index (χ0v) is 8.22. The van der Waals surface area contributed by atoms with Crippen LogP contribution < -0.4 is 0 Å². The highest BCUT2D eigenvalue weighted by Crippen LogP contribution is 2.17. The minimum absolute atomic E-state index is 0.308. The first kappa shape index (κ1) is 9.46. The van der Waals surface area contributed by atoms with Crippen LogP contribution in [-0.2, 0) is 6.42 Å². The third-order valence-electron chi connectivity index (χ3n) is 1.92. The molecule has 2 aromatic rings. The summed E-state index contributed by atoms with van der Waals surface area (Å²) < 4.78 is 18.1. The number of halogens is 2. The second kappa shape index (κ2) is 3.96. The minimum atomic E-state index is -0.308. The van der Waals surface area contributed by atoms with Gasteiger partial charge in [-0.15, -0.1) is 11.6 Å². The SMILES string of the molecule is Fc1ccc2nc(CCCCl)oc2c1. The molecule has 2 nitrogen and oxygen atoms in total. The van der Waals surface area contributed by atoms with Crippen LogP contribution in [0, 0.1) is 5.82 Å². The smallest absolute Gasteiger partial charge is 0.195 e. The third-order valence-corrected chi connectivity index (χ3v) is 2.19. The Morgan fingerprint density at radius 3 is 3.07 bits per heavy atom. The molecule has 14 heavy (non-hydrogen) atoms. The Labute approximate surface area is 85.7 Å². The summed E-state index contributed by atoms with van der Waals surface area (Å²) in [5, 5.41) is 0. The Morgan fingerprint density at radius 1 is 1.43 bits per heavy atom. The fourth-order valence-electron chi connectivity index (χ4n) is 1.27. The van der Waals surface area contributed by atoms with Crippen molar-refractivity contribution in [3.05, 3.63) is 29.9 Å². The monoisotopic (exact) mass is 213 g/mol. The van der Waals surface area contributed by atoms with E-state index in [1.165, 1.54) is 12.1 Å². The van der Waals surface area contributed by atoms with Crippen LogP contribution in [0.3, 0.4) is 0 Å². The van der Waals surface area contributed by atoms with Gasteiger partial charge in [0.15, 0.2) is 11.5 Å². The van der Waals surface area contributed by atoms with E-state index in [1.54, 1.807) is 6.07 Å². The maximum Gasteiger partial charge on any atom is 0.195 e. The molecule has 1 aromatic carbocycles. The van der Waals surface area contributed by atoms with E-state index in [-0.39, 0.29) is 5.82 Å². The standard InChI is InChI=1S/C10H9ClFNO/c11-5-1-2-10-13-8-4-3-7(12)6-9(8)14-10/h3-4,6H,1-2,5H2. The normalized spacial score (nSPS) is 11.0. The van der Waals surface area contributed by atoms with Crippen molar-refractivity contribution in [1.82, 2.24) is 4.98 Å². The van der Waals surface area contributed by atoms with E-state index < -0.39 is 0 Å². The molecule has 0 aliphatic rings. The van der Waals surface area contributed by atoms with Crippen molar-refractivity contribution in [1.29, 1.82) is 0 Å². The lowest BCUT2D eigenvalue weighted by Gasteiger charge is -1.88. The van der Waals surface area contributed by atoms with Gasteiger partial charge >= 0.3 is 0 Å². The van der Waals surface area contributed by atoms with Gasteiger partial charge in [0, 0.05) is 18.4 Å². The second-order valence-electron chi connectivity index (χ2n) is 3.01. The Bertz CT molecular complexity index is 441. The van der Waals surface area contributed by atoms with Gasteiger partial charge in [-0.2, -0.15) is 0 Å². The first-order chi connectivity index (χ1) is 6.79. The highest BCUT2D eigenvalue weighted by atomic mass is 35.5. The number of nitrogens with zero attached hydrogens (tertiary/aromatic N) is 1. The van der Waals surface area contributed by atoms with E-state index in [1.807, 2.05) is 0 Å². The summed E-state index contributed by atoms with van der Waals surface area (Å²) in [7, 11) is 0. The van der Waals surface area contributed by atoms with Crippen molar-refractivity contribution < 1.29 is 8.81 Å². The fraction of sp³-hybridized carbons (Fsp3) is 0.300. The van der Waals surface area contributed by atoms with Crippen LogP contribution in [0.5, 0.6) is 0 Å². The van der Waals surface area contributed by atoms with Gasteiger partial charge in [0.2, 0.25) is 0 Å². The predicted octanol–water partition coefficient (Wildman–Crippen LogP) is 3.14. The molecule has 0 atom stereocenters. The molecule has 1 aromatic heterocycles. The number of aromatic nitrogens is 1. The van der Waals surface area contributed by atoms with Gasteiger partial charge in [-0.25, -0.2) is 9.37 Å². The van der Waals surface area contributed by atoms with Crippen molar-refractivity contribution >= 4 is 22.7 Å². The topological polar surface area (TPSA) is 26.0 Å². The average Bonchev–Trinajstić information content (AvgIpc) is 2.56. The molecule has 0 unspecified atom stereocenters. The van der Waals surface area contributed by atoms with Gasteiger partial charge in [-0.1, -0.05) is 0 Å². The maximum atomic E-state index is 12.8.